The molecule has 0 saturated heterocycles. The molecule has 96 valence electrons. The Balaban J connectivity index is 2.63. The van der Waals surface area contributed by atoms with Crippen molar-refractivity contribution in [2.45, 2.75) is 50.3 Å². The van der Waals surface area contributed by atoms with Crippen molar-refractivity contribution in [1.82, 2.24) is 5.32 Å². The molecule has 17 heavy (non-hydrogen) atoms. The minimum Gasteiger partial charge on any atom is -0.314 e. The number of benzene rings is 1. The predicted octanol–water partition coefficient (Wildman–Crippen LogP) is 2.88. The molecule has 0 aliphatic carbocycles. The molecule has 0 aliphatic heterocycles. The zero-order chi connectivity index (χ0) is 12.8. The minimum atomic E-state index is -0.903. The molecular formula is C14H23NOS. The quantitative estimate of drug-likeness (QED) is 0.844. The Morgan fingerprint density at radius 2 is 2.06 bits per heavy atom. The third kappa shape index (κ3) is 4.60. The van der Waals surface area contributed by atoms with Gasteiger partial charge in [-0.25, -0.2) is 0 Å². The Kier molecular flexibility index (Phi) is 5.86. The molecule has 0 fully saturated rings. The van der Waals surface area contributed by atoms with Crippen LogP contribution in [-0.4, -0.2) is 22.0 Å². The van der Waals surface area contributed by atoms with E-state index < -0.39 is 10.8 Å². The van der Waals surface area contributed by atoms with Gasteiger partial charge in [-0.3, -0.25) is 4.21 Å². The molecule has 0 aromatic heterocycles. The van der Waals surface area contributed by atoms with E-state index in [0.29, 0.717) is 6.04 Å². The number of aryl methyl sites for hydroxylation is 1. The van der Waals surface area contributed by atoms with Gasteiger partial charge in [0.25, 0.3) is 0 Å². The van der Waals surface area contributed by atoms with E-state index in [2.05, 4.69) is 26.1 Å². The second-order valence-corrected chi connectivity index (χ2v) is 6.49. The number of hydrogen-bond donors (Lipinski definition) is 1. The first-order valence-corrected chi connectivity index (χ1v) is 7.46. The summed E-state index contributed by atoms with van der Waals surface area (Å²) in [4.78, 5) is 0.946. The van der Waals surface area contributed by atoms with E-state index in [1.807, 2.05) is 31.2 Å². The first-order chi connectivity index (χ1) is 8.04. The monoisotopic (exact) mass is 253 g/mol. The van der Waals surface area contributed by atoms with Gasteiger partial charge in [0.1, 0.15) is 0 Å². The first-order valence-electron chi connectivity index (χ1n) is 6.25. The van der Waals surface area contributed by atoms with Gasteiger partial charge in [-0.05, 0) is 44.5 Å². The molecular weight excluding hydrogens is 230 g/mol. The summed E-state index contributed by atoms with van der Waals surface area (Å²) in [5.74, 6) is 0. The van der Waals surface area contributed by atoms with Crippen LogP contribution in [0.15, 0.2) is 29.2 Å². The van der Waals surface area contributed by atoms with Crippen molar-refractivity contribution in [2.75, 3.05) is 6.54 Å². The molecule has 1 aromatic carbocycles. The largest absolute Gasteiger partial charge is 0.314 e. The van der Waals surface area contributed by atoms with Crippen molar-refractivity contribution in [2.24, 2.45) is 0 Å². The van der Waals surface area contributed by atoms with E-state index in [0.717, 1.165) is 17.9 Å². The van der Waals surface area contributed by atoms with E-state index in [4.69, 9.17) is 0 Å². The van der Waals surface area contributed by atoms with Crippen molar-refractivity contribution < 1.29 is 4.21 Å². The normalized spacial score (nSPS) is 16.5. The molecule has 1 aromatic rings. The zero-order valence-corrected chi connectivity index (χ0v) is 12.0. The molecule has 0 heterocycles. The standard InChI is InChI=1S/C14H23NOS/c1-5-15-12(3)10-13(4)17(16)14-8-6-7-11(2)9-14/h6-9,12-13,15H,5,10H2,1-4H3. The van der Waals surface area contributed by atoms with Gasteiger partial charge in [0, 0.05) is 16.2 Å². The highest BCUT2D eigenvalue weighted by atomic mass is 32.2. The van der Waals surface area contributed by atoms with Crippen molar-refractivity contribution in [3.05, 3.63) is 29.8 Å². The van der Waals surface area contributed by atoms with Gasteiger partial charge in [0.05, 0.1) is 10.8 Å². The summed E-state index contributed by atoms with van der Waals surface area (Å²) in [6.45, 7) is 9.30. The Hall–Kier alpha value is -0.670. The second-order valence-electron chi connectivity index (χ2n) is 4.62. The highest BCUT2D eigenvalue weighted by Crippen LogP contribution is 2.16. The Morgan fingerprint density at radius 3 is 2.65 bits per heavy atom. The lowest BCUT2D eigenvalue weighted by Crippen LogP contribution is -2.30. The Labute approximate surface area is 107 Å². The molecule has 0 aliphatic rings. The van der Waals surface area contributed by atoms with Crippen LogP contribution in [0.5, 0.6) is 0 Å². The third-order valence-electron chi connectivity index (χ3n) is 2.83. The van der Waals surface area contributed by atoms with E-state index in [1.165, 1.54) is 5.56 Å². The molecule has 3 atom stereocenters. The van der Waals surface area contributed by atoms with Gasteiger partial charge in [0.15, 0.2) is 0 Å². The van der Waals surface area contributed by atoms with Gasteiger partial charge >= 0.3 is 0 Å². The minimum absolute atomic E-state index is 0.186. The fourth-order valence-electron chi connectivity index (χ4n) is 1.99. The molecule has 2 nitrogen and oxygen atoms in total. The Bertz CT molecular complexity index is 378. The van der Waals surface area contributed by atoms with Crippen LogP contribution in [0.4, 0.5) is 0 Å². The topological polar surface area (TPSA) is 29.1 Å². The molecule has 3 unspecified atom stereocenters. The Morgan fingerprint density at radius 1 is 1.35 bits per heavy atom. The predicted molar refractivity (Wildman–Crippen MR) is 74.8 cm³/mol. The molecule has 3 heteroatoms. The fourth-order valence-corrected chi connectivity index (χ4v) is 3.43. The van der Waals surface area contributed by atoms with Crippen LogP contribution in [0, 0.1) is 6.92 Å². The summed E-state index contributed by atoms with van der Waals surface area (Å²) in [6, 6.07) is 8.40. The lowest BCUT2D eigenvalue weighted by atomic mass is 10.2. The lowest BCUT2D eigenvalue weighted by Gasteiger charge is -2.17. The van der Waals surface area contributed by atoms with Crippen molar-refractivity contribution in [3.63, 3.8) is 0 Å². The lowest BCUT2D eigenvalue weighted by molar-refractivity contribution is 0.524. The average molecular weight is 253 g/mol. The summed E-state index contributed by atoms with van der Waals surface area (Å²) in [6.07, 6.45) is 0.939. The van der Waals surface area contributed by atoms with Gasteiger partial charge in [-0.15, -0.1) is 0 Å². The second kappa shape index (κ2) is 6.92. The van der Waals surface area contributed by atoms with Crippen molar-refractivity contribution in [1.29, 1.82) is 0 Å². The van der Waals surface area contributed by atoms with Crippen LogP contribution in [0.1, 0.15) is 32.8 Å². The van der Waals surface area contributed by atoms with Crippen LogP contribution < -0.4 is 5.32 Å². The number of nitrogens with one attached hydrogen (secondary N) is 1. The van der Waals surface area contributed by atoms with E-state index in [1.54, 1.807) is 0 Å². The van der Waals surface area contributed by atoms with Crippen LogP contribution in [0.2, 0.25) is 0 Å². The SMILES string of the molecule is CCNC(C)CC(C)S(=O)c1cccc(C)c1. The summed E-state index contributed by atoms with van der Waals surface area (Å²) >= 11 is 0. The molecule has 0 bridgehead atoms. The molecule has 0 radical (unpaired) electrons. The van der Waals surface area contributed by atoms with Crippen molar-refractivity contribution >= 4 is 10.8 Å². The van der Waals surface area contributed by atoms with Gasteiger partial charge in [-0.1, -0.05) is 26.0 Å². The average Bonchev–Trinajstić information content (AvgIpc) is 2.28. The van der Waals surface area contributed by atoms with Gasteiger partial charge < -0.3 is 5.32 Å². The fraction of sp³-hybridized carbons (Fsp3) is 0.571. The summed E-state index contributed by atoms with van der Waals surface area (Å²) in [7, 11) is -0.903. The highest BCUT2D eigenvalue weighted by Gasteiger charge is 2.16. The maximum absolute atomic E-state index is 12.3. The van der Waals surface area contributed by atoms with Crippen molar-refractivity contribution in [3.8, 4) is 0 Å². The van der Waals surface area contributed by atoms with Crippen LogP contribution in [0.3, 0.4) is 0 Å². The number of hydrogen-bond acceptors (Lipinski definition) is 2. The van der Waals surface area contributed by atoms with E-state index >= 15 is 0 Å². The van der Waals surface area contributed by atoms with E-state index in [-0.39, 0.29) is 5.25 Å². The molecule has 0 saturated carbocycles. The van der Waals surface area contributed by atoms with Crippen LogP contribution in [0.25, 0.3) is 0 Å². The van der Waals surface area contributed by atoms with E-state index in [9.17, 15) is 4.21 Å². The molecule has 0 spiro atoms. The maximum Gasteiger partial charge on any atom is 0.0558 e. The zero-order valence-electron chi connectivity index (χ0n) is 11.2. The first kappa shape index (κ1) is 14.4. The summed E-state index contributed by atoms with van der Waals surface area (Å²) < 4.78 is 12.3. The molecule has 1 rings (SSSR count). The van der Waals surface area contributed by atoms with Gasteiger partial charge in [0.2, 0.25) is 0 Å². The van der Waals surface area contributed by atoms with Gasteiger partial charge in [-0.2, -0.15) is 0 Å². The summed E-state index contributed by atoms with van der Waals surface area (Å²) in [5.41, 5.74) is 1.17. The molecule has 1 N–H and O–H groups in total. The maximum atomic E-state index is 12.3. The summed E-state index contributed by atoms with van der Waals surface area (Å²) in [5, 5.41) is 3.55. The number of rotatable bonds is 6. The third-order valence-corrected chi connectivity index (χ3v) is 4.47. The smallest absolute Gasteiger partial charge is 0.0558 e. The molecule has 0 amide bonds. The van der Waals surface area contributed by atoms with Crippen LogP contribution in [-0.2, 0) is 10.8 Å². The van der Waals surface area contributed by atoms with Crippen LogP contribution >= 0.6 is 0 Å². The highest BCUT2D eigenvalue weighted by molar-refractivity contribution is 7.85.